The molecule has 0 spiro atoms. The van der Waals surface area contributed by atoms with Crippen molar-refractivity contribution < 1.29 is 9.18 Å². The number of likely N-dealkylation sites (tertiary alicyclic amines) is 1. The van der Waals surface area contributed by atoms with E-state index in [1.54, 1.807) is 36.5 Å². The smallest absolute Gasteiger partial charge is 0.256 e. The van der Waals surface area contributed by atoms with Crippen molar-refractivity contribution in [2.24, 2.45) is 0 Å². The van der Waals surface area contributed by atoms with Gasteiger partial charge in [-0.15, -0.1) is 0 Å². The van der Waals surface area contributed by atoms with E-state index in [1.807, 2.05) is 12.1 Å². The Morgan fingerprint density at radius 3 is 2.74 bits per heavy atom. The van der Waals surface area contributed by atoms with Gasteiger partial charge in [-0.2, -0.15) is 0 Å². The molecule has 6 heteroatoms. The van der Waals surface area contributed by atoms with Crippen molar-refractivity contribution in [1.82, 2.24) is 9.88 Å². The monoisotopic (exact) mass is 427 g/mol. The minimum absolute atomic E-state index is 0.128. The number of nitrogens with zero attached hydrogens (tertiary/aromatic N) is 2. The fraction of sp³-hybridized carbons (Fsp3) is 0.238. The molecule has 2 heterocycles. The van der Waals surface area contributed by atoms with Crippen LogP contribution < -0.4 is 5.32 Å². The van der Waals surface area contributed by atoms with Crippen LogP contribution in [0.15, 0.2) is 53.1 Å². The number of rotatable bonds is 4. The van der Waals surface area contributed by atoms with E-state index in [9.17, 15) is 9.18 Å². The number of fused-ring (bicyclic) bond motifs is 1. The predicted molar refractivity (Wildman–Crippen MR) is 108 cm³/mol. The molecule has 1 fully saturated rings. The molecular formula is C21H19BrFN3O. The Kier molecular flexibility index (Phi) is 5.18. The average molecular weight is 428 g/mol. The molecule has 0 atom stereocenters. The first-order valence-corrected chi connectivity index (χ1v) is 9.76. The molecule has 1 aliphatic heterocycles. The number of carbonyl (C=O) groups is 1. The van der Waals surface area contributed by atoms with Crippen molar-refractivity contribution >= 4 is 38.4 Å². The van der Waals surface area contributed by atoms with Gasteiger partial charge in [0, 0.05) is 22.6 Å². The SMILES string of the molecule is O=C(Nc1ccc2cc(CN3CCCC3)cnc2c1F)c1ccccc1Br. The number of halogens is 2. The largest absolute Gasteiger partial charge is 0.319 e. The number of anilines is 1. The Hall–Kier alpha value is -2.31. The molecule has 27 heavy (non-hydrogen) atoms. The predicted octanol–water partition coefficient (Wildman–Crippen LogP) is 4.98. The third-order valence-electron chi connectivity index (χ3n) is 4.82. The van der Waals surface area contributed by atoms with Crippen LogP contribution in [-0.4, -0.2) is 28.9 Å². The maximum Gasteiger partial charge on any atom is 0.256 e. The minimum atomic E-state index is -0.513. The normalized spacial score (nSPS) is 14.6. The fourth-order valence-corrected chi connectivity index (χ4v) is 3.89. The lowest BCUT2D eigenvalue weighted by molar-refractivity contribution is 0.102. The van der Waals surface area contributed by atoms with E-state index >= 15 is 0 Å². The van der Waals surface area contributed by atoms with Crippen LogP contribution in [0.5, 0.6) is 0 Å². The van der Waals surface area contributed by atoms with E-state index in [-0.39, 0.29) is 17.1 Å². The van der Waals surface area contributed by atoms with Crippen LogP contribution in [0, 0.1) is 5.82 Å². The summed E-state index contributed by atoms with van der Waals surface area (Å²) in [7, 11) is 0. The second kappa shape index (κ2) is 7.74. The molecule has 138 valence electrons. The Labute approximate surface area is 165 Å². The van der Waals surface area contributed by atoms with E-state index in [4.69, 9.17) is 0 Å². The average Bonchev–Trinajstić information content (AvgIpc) is 3.17. The lowest BCUT2D eigenvalue weighted by atomic mass is 10.1. The van der Waals surface area contributed by atoms with Crippen molar-refractivity contribution in [1.29, 1.82) is 0 Å². The van der Waals surface area contributed by atoms with Crippen LogP contribution in [-0.2, 0) is 6.54 Å². The van der Waals surface area contributed by atoms with Crippen LogP contribution in [0.2, 0.25) is 0 Å². The molecule has 0 unspecified atom stereocenters. The standard InChI is InChI=1S/C21H19BrFN3O/c22-17-6-2-1-5-16(17)21(27)25-18-8-7-15-11-14(12-24-20(15)19(18)23)13-26-9-3-4-10-26/h1-2,5-8,11-12H,3-4,9-10,13H2,(H,25,27). The van der Waals surface area contributed by atoms with Gasteiger partial charge in [0.15, 0.2) is 5.82 Å². The van der Waals surface area contributed by atoms with Gasteiger partial charge < -0.3 is 5.32 Å². The van der Waals surface area contributed by atoms with Gasteiger partial charge >= 0.3 is 0 Å². The second-order valence-electron chi connectivity index (χ2n) is 6.76. The van der Waals surface area contributed by atoms with Crippen LogP contribution >= 0.6 is 15.9 Å². The Morgan fingerprint density at radius 1 is 1.19 bits per heavy atom. The number of hydrogen-bond acceptors (Lipinski definition) is 3. The number of nitrogens with one attached hydrogen (secondary N) is 1. The molecule has 1 aliphatic rings. The van der Waals surface area contributed by atoms with Crippen molar-refractivity contribution in [3.05, 3.63) is 70.1 Å². The zero-order valence-electron chi connectivity index (χ0n) is 14.7. The molecule has 1 N–H and O–H groups in total. The highest BCUT2D eigenvalue weighted by Gasteiger charge is 2.16. The molecule has 0 aliphatic carbocycles. The maximum absolute atomic E-state index is 14.9. The van der Waals surface area contributed by atoms with Crippen LogP contribution in [0.1, 0.15) is 28.8 Å². The van der Waals surface area contributed by atoms with Gasteiger partial charge in [0.25, 0.3) is 5.91 Å². The Morgan fingerprint density at radius 2 is 1.96 bits per heavy atom. The molecule has 0 radical (unpaired) electrons. The number of carbonyl (C=O) groups excluding carboxylic acids is 1. The zero-order valence-corrected chi connectivity index (χ0v) is 16.3. The quantitative estimate of drug-likeness (QED) is 0.637. The molecule has 4 rings (SSSR count). The summed E-state index contributed by atoms with van der Waals surface area (Å²) in [5.74, 6) is -0.882. The van der Waals surface area contributed by atoms with Crippen molar-refractivity contribution in [3.8, 4) is 0 Å². The number of pyridine rings is 1. The summed E-state index contributed by atoms with van der Waals surface area (Å²) in [6.07, 6.45) is 4.19. The molecule has 1 aromatic heterocycles. The molecule has 1 amide bonds. The number of aromatic nitrogens is 1. The molecular weight excluding hydrogens is 409 g/mol. The van der Waals surface area contributed by atoms with Gasteiger partial charge in [0.1, 0.15) is 5.52 Å². The minimum Gasteiger partial charge on any atom is -0.319 e. The van der Waals surface area contributed by atoms with E-state index < -0.39 is 5.82 Å². The zero-order chi connectivity index (χ0) is 18.8. The summed E-state index contributed by atoms with van der Waals surface area (Å²) in [6, 6.07) is 12.4. The number of hydrogen-bond donors (Lipinski definition) is 1. The van der Waals surface area contributed by atoms with Crippen LogP contribution in [0.3, 0.4) is 0 Å². The molecule has 3 aromatic rings. The number of amides is 1. The molecule has 4 nitrogen and oxygen atoms in total. The second-order valence-corrected chi connectivity index (χ2v) is 7.61. The first-order valence-electron chi connectivity index (χ1n) is 8.97. The van der Waals surface area contributed by atoms with Gasteiger partial charge in [0.2, 0.25) is 0 Å². The highest BCUT2D eigenvalue weighted by atomic mass is 79.9. The molecule has 0 bridgehead atoms. The van der Waals surface area contributed by atoms with Crippen molar-refractivity contribution in [3.63, 3.8) is 0 Å². The molecule has 2 aromatic carbocycles. The van der Waals surface area contributed by atoms with Crippen molar-refractivity contribution in [2.45, 2.75) is 19.4 Å². The van der Waals surface area contributed by atoms with Gasteiger partial charge in [-0.3, -0.25) is 14.7 Å². The molecule has 0 saturated carbocycles. The highest BCUT2D eigenvalue weighted by molar-refractivity contribution is 9.10. The summed E-state index contributed by atoms with van der Waals surface area (Å²) in [5.41, 5.74) is 1.92. The Bertz CT molecular complexity index is 1000. The summed E-state index contributed by atoms with van der Waals surface area (Å²) < 4.78 is 15.5. The van der Waals surface area contributed by atoms with E-state index in [1.165, 1.54) is 12.8 Å². The van der Waals surface area contributed by atoms with Crippen LogP contribution in [0.25, 0.3) is 10.9 Å². The summed E-state index contributed by atoms with van der Waals surface area (Å²) in [4.78, 5) is 19.1. The number of benzene rings is 2. The lowest BCUT2D eigenvalue weighted by Gasteiger charge is -2.15. The van der Waals surface area contributed by atoms with E-state index in [0.717, 1.165) is 30.6 Å². The third kappa shape index (κ3) is 3.87. The first kappa shape index (κ1) is 18.1. The highest BCUT2D eigenvalue weighted by Crippen LogP contribution is 2.26. The summed E-state index contributed by atoms with van der Waals surface area (Å²) in [6.45, 7) is 3.05. The van der Waals surface area contributed by atoms with Gasteiger partial charge in [-0.1, -0.05) is 18.2 Å². The Balaban J connectivity index is 1.58. The van der Waals surface area contributed by atoms with E-state index in [0.29, 0.717) is 10.0 Å². The summed E-state index contributed by atoms with van der Waals surface area (Å²) >= 11 is 3.34. The summed E-state index contributed by atoms with van der Waals surface area (Å²) in [5, 5.41) is 3.38. The fourth-order valence-electron chi connectivity index (χ4n) is 3.43. The van der Waals surface area contributed by atoms with E-state index in [2.05, 4.69) is 31.1 Å². The van der Waals surface area contributed by atoms with Gasteiger partial charge in [-0.25, -0.2) is 4.39 Å². The maximum atomic E-state index is 14.9. The lowest BCUT2D eigenvalue weighted by Crippen LogP contribution is -2.18. The van der Waals surface area contributed by atoms with Crippen molar-refractivity contribution in [2.75, 3.05) is 18.4 Å². The molecule has 1 saturated heterocycles. The third-order valence-corrected chi connectivity index (χ3v) is 5.51. The first-order chi connectivity index (χ1) is 13.1. The van der Waals surface area contributed by atoms with Gasteiger partial charge in [0.05, 0.1) is 11.3 Å². The topological polar surface area (TPSA) is 45.2 Å². The van der Waals surface area contributed by atoms with Gasteiger partial charge in [-0.05, 0) is 71.7 Å². The van der Waals surface area contributed by atoms with Crippen LogP contribution in [0.4, 0.5) is 10.1 Å².